The fourth-order valence-corrected chi connectivity index (χ4v) is 4.07. The Balaban J connectivity index is 1.47. The lowest BCUT2D eigenvalue weighted by Gasteiger charge is -2.31. The molecule has 158 valence electrons. The van der Waals surface area contributed by atoms with Crippen LogP contribution in [0.5, 0.6) is 0 Å². The van der Waals surface area contributed by atoms with Gasteiger partial charge in [0.2, 0.25) is 0 Å². The largest absolute Gasteiger partial charge is 0.383 e. The standard InChI is InChI=1S/C22H27N5O3/c1-3-26-20(24-27(22(26)29)14-15-30-2)17-10-12-25(13-11-17)21(28)19-9-8-16-6-4-5-7-18(16)23-19/h4-9,17H,3,10-15H2,1-2H3. The van der Waals surface area contributed by atoms with Crippen LogP contribution in [0.3, 0.4) is 0 Å². The first-order valence-corrected chi connectivity index (χ1v) is 10.4. The fourth-order valence-electron chi connectivity index (χ4n) is 4.07. The van der Waals surface area contributed by atoms with Crippen molar-refractivity contribution in [2.45, 2.75) is 38.8 Å². The number of fused-ring (bicyclic) bond motifs is 1. The molecule has 1 aliphatic rings. The highest BCUT2D eigenvalue weighted by atomic mass is 16.5. The molecule has 2 aromatic heterocycles. The van der Waals surface area contributed by atoms with E-state index in [0.717, 1.165) is 29.6 Å². The van der Waals surface area contributed by atoms with Gasteiger partial charge in [0.1, 0.15) is 11.5 Å². The summed E-state index contributed by atoms with van der Waals surface area (Å²) in [7, 11) is 1.61. The van der Waals surface area contributed by atoms with Gasteiger partial charge in [-0.1, -0.05) is 24.3 Å². The molecular weight excluding hydrogens is 382 g/mol. The molecule has 4 rings (SSSR count). The summed E-state index contributed by atoms with van der Waals surface area (Å²) in [5, 5.41) is 5.60. The van der Waals surface area contributed by atoms with E-state index in [0.29, 0.717) is 38.5 Å². The monoisotopic (exact) mass is 409 g/mol. The molecule has 1 aliphatic heterocycles. The average Bonchev–Trinajstić information content (AvgIpc) is 3.12. The summed E-state index contributed by atoms with van der Waals surface area (Å²) in [5.74, 6) is 0.933. The SMILES string of the molecule is CCn1c(C2CCN(C(=O)c3ccc4ccccc4n3)CC2)nn(CCOC)c1=O. The molecule has 1 fully saturated rings. The molecule has 0 atom stereocenters. The van der Waals surface area contributed by atoms with Crippen molar-refractivity contribution in [2.24, 2.45) is 0 Å². The third kappa shape index (κ3) is 3.87. The topological polar surface area (TPSA) is 82.2 Å². The minimum absolute atomic E-state index is 0.0438. The maximum absolute atomic E-state index is 13.0. The number of ether oxygens (including phenoxy) is 1. The van der Waals surface area contributed by atoms with Gasteiger partial charge in [0.15, 0.2) is 0 Å². The fraction of sp³-hybridized carbons (Fsp3) is 0.455. The summed E-state index contributed by atoms with van der Waals surface area (Å²) >= 11 is 0. The predicted octanol–water partition coefficient (Wildman–Crippen LogP) is 2.28. The number of hydrogen-bond donors (Lipinski definition) is 0. The number of pyridine rings is 1. The molecule has 1 saturated heterocycles. The van der Waals surface area contributed by atoms with Crippen molar-refractivity contribution in [3.8, 4) is 0 Å². The number of rotatable bonds is 6. The maximum Gasteiger partial charge on any atom is 0.345 e. The van der Waals surface area contributed by atoms with E-state index in [-0.39, 0.29) is 17.5 Å². The van der Waals surface area contributed by atoms with Gasteiger partial charge in [-0.25, -0.2) is 14.5 Å². The number of para-hydroxylation sites is 1. The molecule has 0 radical (unpaired) electrons. The van der Waals surface area contributed by atoms with Crippen LogP contribution < -0.4 is 5.69 Å². The highest BCUT2D eigenvalue weighted by molar-refractivity contribution is 5.95. The maximum atomic E-state index is 13.0. The van der Waals surface area contributed by atoms with Gasteiger partial charge in [0.25, 0.3) is 5.91 Å². The van der Waals surface area contributed by atoms with Gasteiger partial charge >= 0.3 is 5.69 Å². The first-order chi connectivity index (χ1) is 14.6. The molecule has 30 heavy (non-hydrogen) atoms. The van der Waals surface area contributed by atoms with Crippen LogP contribution in [0, 0.1) is 0 Å². The molecule has 0 spiro atoms. The Morgan fingerprint density at radius 3 is 2.67 bits per heavy atom. The normalized spacial score (nSPS) is 15.1. The second-order valence-corrected chi connectivity index (χ2v) is 7.56. The van der Waals surface area contributed by atoms with E-state index >= 15 is 0 Å². The molecule has 1 aromatic carbocycles. The summed E-state index contributed by atoms with van der Waals surface area (Å²) in [6, 6.07) is 11.5. The zero-order valence-electron chi connectivity index (χ0n) is 17.5. The van der Waals surface area contributed by atoms with E-state index in [9.17, 15) is 9.59 Å². The lowest BCUT2D eigenvalue weighted by atomic mass is 9.95. The highest BCUT2D eigenvalue weighted by Gasteiger charge is 2.29. The van der Waals surface area contributed by atoms with Gasteiger partial charge in [-0.15, -0.1) is 0 Å². The zero-order valence-corrected chi connectivity index (χ0v) is 17.5. The van der Waals surface area contributed by atoms with Gasteiger partial charge < -0.3 is 9.64 Å². The molecule has 0 unspecified atom stereocenters. The summed E-state index contributed by atoms with van der Waals surface area (Å²) in [4.78, 5) is 31.9. The van der Waals surface area contributed by atoms with Gasteiger partial charge in [-0.2, -0.15) is 5.10 Å². The molecule has 8 heteroatoms. The molecule has 0 aliphatic carbocycles. The summed E-state index contributed by atoms with van der Waals surface area (Å²) in [5.41, 5.74) is 1.21. The number of benzene rings is 1. The number of hydrogen-bond acceptors (Lipinski definition) is 5. The van der Waals surface area contributed by atoms with Gasteiger partial charge in [0.05, 0.1) is 18.7 Å². The third-order valence-corrected chi connectivity index (χ3v) is 5.74. The minimum Gasteiger partial charge on any atom is -0.383 e. The number of piperidine rings is 1. The lowest BCUT2D eigenvalue weighted by Crippen LogP contribution is -2.39. The number of likely N-dealkylation sites (tertiary alicyclic amines) is 1. The number of methoxy groups -OCH3 is 1. The smallest absolute Gasteiger partial charge is 0.345 e. The summed E-state index contributed by atoms with van der Waals surface area (Å²) in [6.07, 6.45) is 1.56. The predicted molar refractivity (Wildman–Crippen MR) is 114 cm³/mol. The van der Waals surface area contributed by atoms with Crippen molar-refractivity contribution in [3.63, 3.8) is 0 Å². The van der Waals surface area contributed by atoms with Gasteiger partial charge in [-0.3, -0.25) is 9.36 Å². The van der Waals surface area contributed by atoms with Crippen LogP contribution in [-0.4, -0.2) is 56.9 Å². The van der Waals surface area contributed by atoms with Crippen LogP contribution in [0.1, 0.15) is 42.0 Å². The average molecular weight is 409 g/mol. The highest BCUT2D eigenvalue weighted by Crippen LogP contribution is 2.27. The van der Waals surface area contributed by atoms with E-state index < -0.39 is 0 Å². The Hall–Kier alpha value is -3.00. The van der Waals surface area contributed by atoms with E-state index in [1.165, 1.54) is 4.68 Å². The Morgan fingerprint density at radius 1 is 1.17 bits per heavy atom. The van der Waals surface area contributed by atoms with Crippen LogP contribution in [0.25, 0.3) is 10.9 Å². The van der Waals surface area contributed by atoms with Crippen molar-refractivity contribution in [1.29, 1.82) is 0 Å². The van der Waals surface area contributed by atoms with Crippen LogP contribution in [0.2, 0.25) is 0 Å². The van der Waals surface area contributed by atoms with Crippen LogP contribution >= 0.6 is 0 Å². The zero-order chi connectivity index (χ0) is 21.1. The van der Waals surface area contributed by atoms with E-state index in [4.69, 9.17) is 4.74 Å². The van der Waals surface area contributed by atoms with E-state index in [2.05, 4.69) is 10.1 Å². The van der Waals surface area contributed by atoms with Crippen LogP contribution in [0.15, 0.2) is 41.2 Å². The lowest BCUT2D eigenvalue weighted by molar-refractivity contribution is 0.0704. The molecule has 3 aromatic rings. The van der Waals surface area contributed by atoms with Crippen molar-refractivity contribution in [3.05, 3.63) is 58.4 Å². The Bertz CT molecular complexity index is 1100. The molecule has 1 amide bonds. The van der Waals surface area contributed by atoms with E-state index in [1.807, 2.05) is 42.2 Å². The summed E-state index contributed by atoms with van der Waals surface area (Å²) < 4.78 is 8.30. The first kappa shape index (κ1) is 20.3. The molecule has 0 bridgehead atoms. The van der Waals surface area contributed by atoms with Crippen molar-refractivity contribution in [1.82, 2.24) is 24.2 Å². The quantitative estimate of drug-likeness (QED) is 0.624. The number of nitrogens with zero attached hydrogens (tertiary/aromatic N) is 5. The second-order valence-electron chi connectivity index (χ2n) is 7.56. The van der Waals surface area contributed by atoms with Crippen LogP contribution in [0.4, 0.5) is 0 Å². The van der Waals surface area contributed by atoms with Gasteiger partial charge in [0, 0.05) is 38.0 Å². The van der Waals surface area contributed by atoms with E-state index in [1.54, 1.807) is 17.7 Å². The Labute approximate surface area is 175 Å². The molecule has 0 saturated carbocycles. The second kappa shape index (κ2) is 8.79. The van der Waals surface area contributed by atoms with Crippen molar-refractivity contribution >= 4 is 16.8 Å². The third-order valence-electron chi connectivity index (χ3n) is 5.74. The van der Waals surface area contributed by atoms with Crippen molar-refractivity contribution in [2.75, 3.05) is 26.8 Å². The van der Waals surface area contributed by atoms with Crippen LogP contribution in [-0.2, 0) is 17.8 Å². The minimum atomic E-state index is -0.0941. The first-order valence-electron chi connectivity index (χ1n) is 10.4. The Morgan fingerprint density at radius 2 is 1.93 bits per heavy atom. The Kier molecular flexibility index (Phi) is 5.94. The number of carbonyl (C=O) groups is 1. The summed E-state index contributed by atoms with van der Waals surface area (Å²) in [6.45, 7) is 4.69. The number of aromatic nitrogens is 4. The number of amides is 1. The molecule has 3 heterocycles. The van der Waals surface area contributed by atoms with Gasteiger partial charge in [-0.05, 0) is 31.9 Å². The van der Waals surface area contributed by atoms with Crippen molar-refractivity contribution < 1.29 is 9.53 Å². The molecule has 8 nitrogen and oxygen atoms in total. The number of carbonyl (C=O) groups excluding carboxylic acids is 1. The molecular formula is C22H27N5O3. The molecule has 0 N–H and O–H groups in total.